The first kappa shape index (κ1) is 16.7. The van der Waals surface area contributed by atoms with Crippen LogP contribution in [-0.4, -0.2) is 67.7 Å². The Morgan fingerprint density at radius 3 is 2.52 bits per heavy atom. The van der Waals surface area contributed by atoms with Crippen LogP contribution in [0.15, 0.2) is 0 Å². The number of primary amides is 1. The molecule has 0 spiro atoms. The van der Waals surface area contributed by atoms with E-state index in [4.69, 9.17) is 10.5 Å². The van der Waals surface area contributed by atoms with Crippen LogP contribution in [0.25, 0.3) is 0 Å². The molecule has 2 aliphatic rings. The summed E-state index contributed by atoms with van der Waals surface area (Å²) in [7, 11) is 0. The van der Waals surface area contributed by atoms with Crippen molar-refractivity contribution < 1.29 is 9.53 Å². The van der Waals surface area contributed by atoms with Crippen molar-refractivity contribution in [1.82, 2.24) is 9.80 Å². The summed E-state index contributed by atoms with van der Waals surface area (Å²) in [5.41, 5.74) is 5.41. The highest BCUT2D eigenvalue weighted by Gasteiger charge is 2.28. The van der Waals surface area contributed by atoms with Crippen LogP contribution in [0.3, 0.4) is 0 Å². The van der Waals surface area contributed by atoms with Crippen molar-refractivity contribution in [2.45, 2.75) is 45.1 Å². The lowest BCUT2D eigenvalue weighted by molar-refractivity contribution is -0.122. The minimum Gasteiger partial charge on any atom is -0.379 e. The summed E-state index contributed by atoms with van der Waals surface area (Å²) < 4.78 is 5.74. The molecule has 0 bridgehead atoms. The first-order chi connectivity index (χ1) is 10.2. The zero-order valence-electron chi connectivity index (χ0n) is 13.4. The number of hydrogen-bond acceptors (Lipinski definition) is 4. The minimum absolute atomic E-state index is 0.0679. The van der Waals surface area contributed by atoms with Crippen LogP contribution in [0, 0.1) is 5.92 Å². The van der Waals surface area contributed by atoms with Crippen LogP contribution in [0.4, 0.5) is 0 Å². The number of ether oxygens (including phenoxy) is 1. The van der Waals surface area contributed by atoms with E-state index < -0.39 is 0 Å². The Morgan fingerprint density at radius 1 is 1.14 bits per heavy atom. The average molecular weight is 297 g/mol. The fourth-order valence-electron chi connectivity index (χ4n) is 3.51. The first-order valence-corrected chi connectivity index (χ1v) is 8.54. The van der Waals surface area contributed by atoms with Gasteiger partial charge in [0, 0.05) is 13.1 Å². The lowest BCUT2D eigenvalue weighted by Gasteiger charge is -2.31. The molecule has 21 heavy (non-hydrogen) atoms. The van der Waals surface area contributed by atoms with Crippen LogP contribution in [-0.2, 0) is 9.53 Å². The lowest BCUT2D eigenvalue weighted by Crippen LogP contribution is -2.42. The van der Waals surface area contributed by atoms with Gasteiger partial charge in [-0.05, 0) is 51.2 Å². The van der Waals surface area contributed by atoms with E-state index in [-0.39, 0.29) is 11.9 Å². The molecule has 2 heterocycles. The number of hydrogen-bond donors (Lipinski definition) is 1. The van der Waals surface area contributed by atoms with Gasteiger partial charge < -0.3 is 15.4 Å². The van der Waals surface area contributed by atoms with Gasteiger partial charge in [0.15, 0.2) is 0 Å². The van der Waals surface area contributed by atoms with Crippen LogP contribution >= 0.6 is 0 Å². The molecule has 5 nitrogen and oxygen atoms in total. The van der Waals surface area contributed by atoms with Gasteiger partial charge >= 0.3 is 0 Å². The Hall–Kier alpha value is -0.650. The number of nitrogens with zero attached hydrogens (tertiary/aromatic N) is 2. The highest BCUT2D eigenvalue weighted by molar-refractivity contribution is 5.80. The fourth-order valence-corrected chi connectivity index (χ4v) is 3.51. The van der Waals surface area contributed by atoms with Crippen molar-refractivity contribution in [2.75, 3.05) is 45.9 Å². The van der Waals surface area contributed by atoms with Gasteiger partial charge in [0.05, 0.1) is 19.3 Å². The summed E-state index contributed by atoms with van der Waals surface area (Å²) in [4.78, 5) is 16.0. The van der Waals surface area contributed by atoms with Crippen molar-refractivity contribution in [2.24, 2.45) is 11.7 Å². The van der Waals surface area contributed by atoms with Crippen molar-refractivity contribution in [3.05, 3.63) is 0 Å². The van der Waals surface area contributed by atoms with E-state index >= 15 is 0 Å². The monoisotopic (exact) mass is 297 g/mol. The summed E-state index contributed by atoms with van der Waals surface area (Å²) in [6.45, 7) is 9.07. The number of likely N-dealkylation sites (tertiary alicyclic amines) is 2. The van der Waals surface area contributed by atoms with E-state index in [1.54, 1.807) is 0 Å². The van der Waals surface area contributed by atoms with E-state index in [2.05, 4.69) is 16.7 Å². The SMILES string of the molecule is CCC1CCN(CCOCCN2CCC[C@H]2C(N)=O)CC1. The molecule has 0 radical (unpaired) electrons. The lowest BCUT2D eigenvalue weighted by atomic mass is 9.94. The predicted octanol–water partition coefficient (Wildman–Crippen LogP) is 1.07. The Bertz CT molecular complexity index is 317. The molecule has 1 amide bonds. The second kappa shape index (κ2) is 8.71. The predicted molar refractivity (Wildman–Crippen MR) is 84.1 cm³/mol. The quantitative estimate of drug-likeness (QED) is 0.681. The third-order valence-corrected chi connectivity index (χ3v) is 5.05. The molecular formula is C16H31N3O2. The van der Waals surface area contributed by atoms with Gasteiger partial charge in [-0.1, -0.05) is 13.3 Å². The molecule has 1 atom stereocenters. The molecule has 122 valence electrons. The van der Waals surface area contributed by atoms with Gasteiger partial charge in [-0.2, -0.15) is 0 Å². The van der Waals surface area contributed by atoms with Crippen LogP contribution in [0.2, 0.25) is 0 Å². The largest absolute Gasteiger partial charge is 0.379 e. The maximum absolute atomic E-state index is 11.3. The second-order valence-corrected chi connectivity index (χ2v) is 6.40. The minimum atomic E-state index is -0.189. The summed E-state index contributed by atoms with van der Waals surface area (Å²) in [6.07, 6.45) is 5.97. The van der Waals surface area contributed by atoms with Crippen LogP contribution in [0.5, 0.6) is 0 Å². The topological polar surface area (TPSA) is 58.8 Å². The summed E-state index contributed by atoms with van der Waals surface area (Å²) in [5, 5.41) is 0. The number of carbonyl (C=O) groups is 1. The van der Waals surface area contributed by atoms with Gasteiger partial charge in [-0.3, -0.25) is 9.69 Å². The van der Waals surface area contributed by atoms with Crippen molar-refractivity contribution in [1.29, 1.82) is 0 Å². The molecule has 0 aromatic rings. The number of amides is 1. The number of rotatable bonds is 8. The van der Waals surface area contributed by atoms with Crippen LogP contribution in [0.1, 0.15) is 39.0 Å². The van der Waals surface area contributed by atoms with E-state index in [0.717, 1.165) is 45.0 Å². The normalized spacial score (nSPS) is 25.5. The molecule has 2 fully saturated rings. The van der Waals surface area contributed by atoms with Gasteiger partial charge in [0.1, 0.15) is 0 Å². The summed E-state index contributed by atoms with van der Waals surface area (Å²) in [5.74, 6) is 0.745. The van der Waals surface area contributed by atoms with Crippen molar-refractivity contribution in [3.8, 4) is 0 Å². The number of piperidine rings is 1. The third-order valence-electron chi connectivity index (χ3n) is 5.05. The molecule has 5 heteroatoms. The standard InChI is InChI=1S/C16H31N3O2/c1-2-14-5-8-18(9-6-14)10-12-21-13-11-19-7-3-4-15(19)16(17)20/h14-15H,2-13H2,1H3,(H2,17,20)/t15-/m0/s1. The Labute approximate surface area is 128 Å². The van der Waals surface area contributed by atoms with Gasteiger partial charge in [-0.25, -0.2) is 0 Å². The van der Waals surface area contributed by atoms with Crippen LogP contribution < -0.4 is 5.73 Å². The molecule has 0 aliphatic carbocycles. The molecule has 2 saturated heterocycles. The highest BCUT2D eigenvalue weighted by atomic mass is 16.5. The first-order valence-electron chi connectivity index (χ1n) is 8.54. The Kier molecular flexibility index (Phi) is 6.93. The zero-order valence-corrected chi connectivity index (χ0v) is 13.4. The van der Waals surface area contributed by atoms with Crippen molar-refractivity contribution >= 4 is 5.91 Å². The molecule has 0 aromatic carbocycles. The molecule has 2 N–H and O–H groups in total. The van der Waals surface area contributed by atoms with Crippen molar-refractivity contribution in [3.63, 3.8) is 0 Å². The third kappa shape index (κ3) is 5.24. The van der Waals surface area contributed by atoms with Gasteiger partial charge in [-0.15, -0.1) is 0 Å². The molecular weight excluding hydrogens is 266 g/mol. The summed E-state index contributed by atoms with van der Waals surface area (Å²) in [6, 6.07) is -0.0679. The van der Waals surface area contributed by atoms with E-state index in [9.17, 15) is 4.79 Å². The maximum Gasteiger partial charge on any atom is 0.234 e. The molecule has 2 rings (SSSR count). The average Bonchev–Trinajstić information content (AvgIpc) is 2.96. The Balaban J connectivity index is 1.51. The van der Waals surface area contributed by atoms with E-state index in [0.29, 0.717) is 6.61 Å². The second-order valence-electron chi connectivity index (χ2n) is 6.40. The molecule has 2 aliphatic heterocycles. The number of carbonyl (C=O) groups excluding carboxylic acids is 1. The molecule has 0 unspecified atom stereocenters. The summed E-state index contributed by atoms with van der Waals surface area (Å²) >= 11 is 0. The van der Waals surface area contributed by atoms with Gasteiger partial charge in [0.2, 0.25) is 5.91 Å². The van der Waals surface area contributed by atoms with E-state index in [1.165, 1.54) is 32.4 Å². The zero-order chi connectivity index (χ0) is 15.1. The Morgan fingerprint density at radius 2 is 1.86 bits per heavy atom. The molecule has 0 saturated carbocycles. The molecule has 0 aromatic heterocycles. The maximum atomic E-state index is 11.3. The number of nitrogens with two attached hydrogens (primary N) is 1. The highest BCUT2D eigenvalue weighted by Crippen LogP contribution is 2.19. The van der Waals surface area contributed by atoms with Gasteiger partial charge in [0.25, 0.3) is 0 Å². The smallest absolute Gasteiger partial charge is 0.234 e. The fraction of sp³-hybridized carbons (Fsp3) is 0.938. The van der Waals surface area contributed by atoms with E-state index in [1.807, 2.05) is 0 Å².